The van der Waals surface area contributed by atoms with E-state index in [0.29, 0.717) is 42.9 Å². The number of nitrogens with one attached hydrogen (secondary N) is 2. The van der Waals surface area contributed by atoms with Gasteiger partial charge in [0, 0.05) is 47.2 Å². The number of ether oxygens (including phenoxy) is 1. The van der Waals surface area contributed by atoms with E-state index in [1.54, 1.807) is 12.4 Å². The fourth-order valence-corrected chi connectivity index (χ4v) is 4.80. The van der Waals surface area contributed by atoms with Crippen LogP contribution in [0.25, 0.3) is 33.3 Å². The van der Waals surface area contributed by atoms with Crippen LogP contribution in [0.5, 0.6) is 0 Å². The fourth-order valence-electron chi connectivity index (χ4n) is 4.80. The van der Waals surface area contributed by atoms with Crippen LogP contribution < -0.4 is 5.32 Å². The molecule has 0 bridgehead atoms. The van der Waals surface area contributed by atoms with E-state index >= 15 is 0 Å². The summed E-state index contributed by atoms with van der Waals surface area (Å²) in [7, 11) is 0. The van der Waals surface area contributed by atoms with Gasteiger partial charge in [0.25, 0.3) is 0 Å². The van der Waals surface area contributed by atoms with Crippen molar-refractivity contribution in [3.05, 3.63) is 30.5 Å². The van der Waals surface area contributed by atoms with Crippen LogP contribution in [0.4, 0.5) is 19.1 Å². The minimum absolute atomic E-state index is 0.00568. The summed E-state index contributed by atoms with van der Waals surface area (Å²) in [5.74, 6) is 1.37. The van der Waals surface area contributed by atoms with E-state index < -0.39 is 12.5 Å². The molecule has 0 radical (unpaired) electrons. The molecule has 0 aliphatic heterocycles. The van der Waals surface area contributed by atoms with Crippen LogP contribution in [-0.4, -0.2) is 48.0 Å². The lowest BCUT2D eigenvalue weighted by atomic mass is 9.93. The predicted molar refractivity (Wildman–Crippen MR) is 122 cm³/mol. The lowest BCUT2D eigenvalue weighted by molar-refractivity contribution is -0.345. The molecule has 5 rings (SSSR count). The van der Waals surface area contributed by atoms with Crippen LogP contribution in [0.1, 0.15) is 51.4 Å². The van der Waals surface area contributed by atoms with E-state index in [1.165, 1.54) is 0 Å². The predicted octanol–water partition coefficient (Wildman–Crippen LogP) is 5.52. The second kappa shape index (κ2) is 8.53. The van der Waals surface area contributed by atoms with Gasteiger partial charge in [-0.3, -0.25) is 4.74 Å². The zero-order chi connectivity index (χ0) is 24.0. The molecule has 2 N–H and O–H groups in total. The number of pyridine rings is 1. The van der Waals surface area contributed by atoms with E-state index in [9.17, 15) is 13.2 Å². The molecule has 8 nitrogen and oxygen atoms in total. The van der Waals surface area contributed by atoms with Crippen LogP contribution in [0.3, 0.4) is 0 Å². The van der Waals surface area contributed by atoms with Crippen molar-refractivity contribution >= 4 is 28.1 Å². The van der Waals surface area contributed by atoms with Gasteiger partial charge in [-0.05, 0) is 52.5 Å². The number of rotatable bonds is 5. The molecule has 4 aromatic heterocycles. The molecule has 1 aliphatic carbocycles. The number of aromatic nitrogens is 6. The van der Waals surface area contributed by atoms with E-state index in [2.05, 4.69) is 59.5 Å². The number of hydrogen-bond acceptors (Lipinski definition) is 6. The molecule has 4 heterocycles. The van der Waals surface area contributed by atoms with Crippen molar-refractivity contribution in [3.8, 4) is 11.1 Å². The molecular weight excluding hydrogens is 447 g/mol. The number of hydrogen-bond donors (Lipinski definition) is 2. The van der Waals surface area contributed by atoms with Crippen LogP contribution in [0.2, 0.25) is 0 Å². The Kier molecular flexibility index (Phi) is 5.67. The molecule has 0 amide bonds. The second-order valence-electron chi connectivity index (χ2n) is 9.03. The third-order valence-electron chi connectivity index (χ3n) is 6.29. The number of aromatic amines is 1. The van der Waals surface area contributed by atoms with Gasteiger partial charge in [-0.25, -0.2) is 15.0 Å². The Balaban J connectivity index is 1.34. The van der Waals surface area contributed by atoms with Crippen molar-refractivity contribution in [3.63, 3.8) is 0 Å². The Bertz CT molecular complexity index is 1320. The number of nitrogens with zero attached hydrogens (tertiary/aromatic N) is 5. The highest BCUT2D eigenvalue weighted by molar-refractivity contribution is 5.95. The summed E-state index contributed by atoms with van der Waals surface area (Å²) < 4.78 is 43.6. The lowest BCUT2D eigenvalue weighted by Gasteiger charge is -2.29. The van der Waals surface area contributed by atoms with Gasteiger partial charge in [0.2, 0.25) is 5.95 Å². The number of aryl methyl sites for hydroxylation is 1. The second-order valence-corrected chi connectivity index (χ2v) is 9.03. The number of halogens is 3. The first-order valence-electron chi connectivity index (χ1n) is 11.4. The summed E-state index contributed by atoms with van der Waals surface area (Å²) in [6.07, 6.45) is 1.88. The Labute approximate surface area is 194 Å². The van der Waals surface area contributed by atoms with Crippen LogP contribution >= 0.6 is 0 Å². The third kappa shape index (κ3) is 4.44. The first kappa shape index (κ1) is 22.6. The average molecular weight is 474 g/mol. The molecule has 34 heavy (non-hydrogen) atoms. The molecule has 0 atom stereocenters. The van der Waals surface area contributed by atoms with Crippen LogP contribution in [0, 0.1) is 6.92 Å². The van der Waals surface area contributed by atoms with Gasteiger partial charge < -0.3 is 14.9 Å². The van der Waals surface area contributed by atoms with Gasteiger partial charge in [0.15, 0.2) is 5.65 Å². The van der Waals surface area contributed by atoms with E-state index in [-0.39, 0.29) is 12.1 Å². The van der Waals surface area contributed by atoms with Crippen molar-refractivity contribution < 1.29 is 17.9 Å². The fraction of sp³-hybridized carbons (Fsp3) is 0.478. The topological polar surface area (TPSA) is 93.5 Å². The molecule has 1 saturated carbocycles. The number of alkyl halides is 3. The van der Waals surface area contributed by atoms with Gasteiger partial charge in [0.1, 0.15) is 11.5 Å². The molecule has 0 aromatic carbocycles. The van der Waals surface area contributed by atoms with E-state index in [4.69, 9.17) is 0 Å². The van der Waals surface area contributed by atoms with Gasteiger partial charge in [-0.2, -0.15) is 4.98 Å². The van der Waals surface area contributed by atoms with Crippen LogP contribution in [-0.2, 0) is 4.74 Å². The summed E-state index contributed by atoms with van der Waals surface area (Å²) in [6, 6.07) is 2.35. The third-order valence-corrected chi connectivity index (χ3v) is 6.29. The minimum atomic E-state index is -4.59. The number of imidazole rings is 1. The summed E-state index contributed by atoms with van der Waals surface area (Å²) in [4.78, 5) is 21.3. The zero-order valence-corrected chi connectivity index (χ0v) is 19.1. The van der Waals surface area contributed by atoms with Crippen molar-refractivity contribution in [1.82, 2.24) is 29.5 Å². The lowest BCUT2D eigenvalue weighted by Crippen LogP contribution is -2.33. The highest BCUT2D eigenvalue weighted by atomic mass is 19.4. The Morgan fingerprint density at radius 1 is 1.12 bits per heavy atom. The molecule has 1 fully saturated rings. The maximum Gasteiger partial charge on any atom is 0.522 e. The molecule has 0 spiro atoms. The van der Waals surface area contributed by atoms with Gasteiger partial charge in [-0.1, -0.05) is 0 Å². The molecule has 0 saturated heterocycles. The van der Waals surface area contributed by atoms with Crippen molar-refractivity contribution in [2.24, 2.45) is 0 Å². The highest BCUT2D eigenvalue weighted by Gasteiger charge is 2.35. The van der Waals surface area contributed by atoms with Crippen molar-refractivity contribution in [2.75, 3.05) is 5.32 Å². The number of H-pyrrole nitrogens is 1. The monoisotopic (exact) mass is 473 g/mol. The molecule has 4 aromatic rings. The van der Waals surface area contributed by atoms with Gasteiger partial charge in [0.05, 0.1) is 11.6 Å². The summed E-state index contributed by atoms with van der Waals surface area (Å²) in [6.45, 7) is 6.21. The zero-order valence-electron chi connectivity index (χ0n) is 19.1. The smallest absolute Gasteiger partial charge is 0.351 e. The Morgan fingerprint density at radius 3 is 2.59 bits per heavy atom. The number of fused-ring (bicyclic) bond motifs is 2. The summed E-state index contributed by atoms with van der Waals surface area (Å²) in [5.41, 5.74) is 4.24. The minimum Gasteiger partial charge on any atom is -0.351 e. The molecule has 0 unspecified atom stereocenters. The summed E-state index contributed by atoms with van der Waals surface area (Å²) in [5, 5.41) is 4.11. The first-order valence-corrected chi connectivity index (χ1v) is 11.4. The molecule has 11 heteroatoms. The van der Waals surface area contributed by atoms with Crippen LogP contribution in [0.15, 0.2) is 24.7 Å². The van der Waals surface area contributed by atoms with E-state index in [1.807, 2.05) is 13.1 Å². The normalized spacial score (nSPS) is 19.4. The molecular formula is C23H26F3N7O. The standard InChI is InChI=1S/C23H26F3N7O/c1-12(2)33-13(3)30-21-19(33)8-14(9-27-21)17-10-28-20-18(17)11-29-22(32-20)31-15-4-6-16(7-5-15)34-23(24,25)26/h8-12,15-16H,4-7H2,1-3H3,(H2,28,29,31,32). The quantitative estimate of drug-likeness (QED) is 0.397. The first-order chi connectivity index (χ1) is 16.2. The van der Waals surface area contributed by atoms with Gasteiger partial charge >= 0.3 is 6.36 Å². The average Bonchev–Trinajstić information content (AvgIpc) is 3.33. The van der Waals surface area contributed by atoms with Crippen molar-refractivity contribution in [1.29, 1.82) is 0 Å². The highest BCUT2D eigenvalue weighted by Crippen LogP contribution is 2.32. The Hall–Kier alpha value is -3.21. The van der Waals surface area contributed by atoms with Crippen molar-refractivity contribution in [2.45, 2.75) is 71.0 Å². The SMILES string of the molecule is Cc1nc2ncc(-c3c[nH]c4nc(NC5CCC(OC(F)(F)F)CC5)ncc34)cc2n1C(C)C. The summed E-state index contributed by atoms with van der Waals surface area (Å²) >= 11 is 0. The molecule has 1 aliphatic rings. The largest absolute Gasteiger partial charge is 0.522 e. The maximum atomic E-state index is 12.4. The Morgan fingerprint density at radius 2 is 1.88 bits per heavy atom. The van der Waals surface area contributed by atoms with E-state index in [0.717, 1.165) is 27.9 Å². The number of anilines is 1. The maximum absolute atomic E-state index is 12.4. The van der Waals surface area contributed by atoms with Gasteiger partial charge in [-0.15, -0.1) is 13.2 Å². The molecule has 180 valence electrons.